The van der Waals surface area contributed by atoms with Gasteiger partial charge in [0.05, 0.1) is 11.1 Å². The third-order valence-corrected chi connectivity index (χ3v) is 6.42. The number of esters is 1. The summed E-state index contributed by atoms with van der Waals surface area (Å²) in [4.78, 5) is 33.7. The zero-order valence-electron chi connectivity index (χ0n) is 19.8. The third kappa shape index (κ3) is 4.62. The van der Waals surface area contributed by atoms with Crippen molar-refractivity contribution in [1.29, 1.82) is 0 Å². The van der Waals surface area contributed by atoms with Crippen molar-refractivity contribution in [2.75, 3.05) is 18.4 Å². The molecule has 0 fully saturated rings. The largest absolute Gasteiger partial charge is 0.449 e. The highest BCUT2D eigenvalue weighted by Gasteiger charge is 2.29. The summed E-state index contributed by atoms with van der Waals surface area (Å²) in [7, 11) is 0. The zero-order valence-corrected chi connectivity index (χ0v) is 19.8. The van der Waals surface area contributed by atoms with Crippen LogP contribution < -0.4 is 5.32 Å². The molecule has 4 rings (SSSR count). The molecule has 1 aromatic heterocycles. The van der Waals surface area contributed by atoms with E-state index in [2.05, 4.69) is 17.1 Å². The number of hydrogen-bond acceptors (Lipinski definition) is 5. The summed E-state index contributed by atoms with van der Waals surface area (Å²) in [6.45, 7) is 10.3. The number of aromatic nitrogens is 1. The molecule has 33 heavy (non-hydrogen) atoms. The minimum absolute atomic E-state index is 0.314. The molecular weight excluding hydrogens is 414 g/mol. The predicted octanol–water partition coefficient (Wildman–Crippen LogP) is 4.80. The van der Waals surface area contributed by atoms with E-state index in [1.54, 1.807) is 0 Å². The SMILES string of the molecule is CCC(OC(=O)c1c2c(nc3ccccc13)CCN(CC)C2)C(=O)Nc1c(C)cccc1C. The summed E-state index contributed by atoms with van der Waals surface area (Å²) in [6, 6.07) is 13.5. The van der Waals surface area contributed by atoms with Crippen LogP contribution in [-0.4, -0.2) is 41.0 Å². The number of hydrogen-bond donors (Lipinski definition) is 1. The molecule has 2 heterocycles. The zero-order chi connectivity index (χ0) is 23.5. The molecule has 6 nitrogen and oxygen atoms in total. The maximum Gasteiger partial charge on any atom is 0.340 e. The Kier molecular flexibility index (Phi) is 6.75. The smallest absolute Gasteiger partial charge is 0.340 e. The van der Waals surface area contributed by atoms with Crippen molar-refractivity contribution in [2.45, 2.75) is 53.2 Å². The number of nitrogens with zero attached hydrogens (tertiary/aromatic N) is 2. The first kappa shape index (κ1) is 22.9. The van der Waals surface area contributed by atoms with Crippen LogP contribution in [0, 0.1) is 13.8 Å². The molecule has 1 unspecified atom stereocenters. The first-order valence-corrected chi connectivity index (χ1v) is 11.6. The molecule has 3 aromatic rings. The number of carbonyl (C=O) groups is 2. The number of pyridine rings is 1. The van der Waals surface area contributed by atoms with Crippen molar-refractivity contribution in [3.63, 3.8) is 0 Å². The van der Waals surface area contributed by atoms with Crippen molar-refractivity contribution in [1.82, 2.24) is 9.88 Å². The lowest BCUT2D eigenvalue weighted by molar-refractivity contribution is -0.124. The van der Waals surface area contributed by atoms with Crippen molar-refractivity contribution >= 4 is 28.5 Å². The molecule has 0 radical (unpaired) electrons. The lowest BCUT2D eigenvalue weighted by Gasteiger charge is -2.29. The second-order valence-corrected chi connectivity index (χ2v) is 8.61. The average molecular weight is 446 g/mol. The van der Waals surface area contributed by atoms with Gasteiger partial charge in [-0.05, 0) is 44.0 Å². The first-order valence-electron chi connectivity index (χ1n) is 11.6. The van der Waals surface area contributed by atoms with Crippen LogP contribution in [0.3, 0.4) is 0 Å². The van der Waals surface area contributed by atoms with Gasteiger partial charge < -0.3 is 10.1 Å². The van der Waals surface area contributed by atoms with Crippen LogP contribution in [-0.2, 0) is 22.5 Å². The number of aryl methyl sites for hydroxylation is 2. The fourth-order valence-electron chi connectivity index (χ4n) is 4.47. The van der Waals surface area contributed by atoms with E-state index >= 15 is 0 Å². The van der Waals surface area contributed by atoms with Crippen LogP contribution in [0.2, 0.25) is 0 Å². The van der Waals surface area contributed by atoms with E-state index in [1.807, 2.05) is 63.2 Å². The van der Waals surface area contributed by atoms with Gasteiger partial charge in [0.1, 0.15) is 0 Å². The third-order valence-electron chi connectivity index (χ3n) is 6.42. The van der Waals surface area contributed by atoms with Crippen molar-refractivity contribution in [3.8, 4) is 0 Å². The number of likely N-dealkylation sites (N-methyl/N-ethyl adjacent to an activating group) is 1. The van der Waals surface area contributed by atoms with E-state index in [-0.39, 0.29) is 5.91 Å². The molecule has 0 aliphatic carbocycles. The Hall–Kier alpha value is -3.25. The molecule has 0 bridgehead atoms. The second-order valence-electron chi connectivity index (χ2n) is 8.61. The molecule has 1 aliphatic rings. The highest BCUT2D eigenvalue weighted by Crippen LogP contribution is 2.29. The minimum atomic E-state index is -0.884. The standard InChI is InChI=1S/C27H31N3O3/c1-5-23(26(31)29-25-17(3)10-9-11-18(25)4)33-27(32)24-19-12-7-8-13-21(19)28-22-14-15-30(6-2)16-20(22)24/h7-13,23H,5-6,14-16H2,1-4H3,(H,29,31). The summed E-state index contributed by atoms with van der Waals surface area (Å²) in [5.74, 6) is -0.781. The first-order chi connectivity index (χ1) is 15.9. The quantitative estimate of drug-likeness (QED) is 0.552. The molecule has 2 aromatic carbocycles. The Morgan fingerprint density at radius 2 is 1.82 bits per heavy atom. The maximum absolute atomic E-state index is 13.5. The van der Waals surface area contributed by atoms with E-state index in [0.717, 1.165) is 58.5 Å². The summed E-state index contributed by atoms with van der Waals surface area (Å²) < 4.78 is 5.85. The van der Waals surface area contributed by atoms with Gasteiger partial charge in [0.2, 0.25) is 0 Å². The Morgan fingerprint density at radius 3 is 2.52 bits per heavy atom. The second kappa shape index (κ2) is 9.71. The van der Waals surface area contributed by atoms with Gasteiger partial charge in [0.15, 0.2) is 6.10 Å². The topological polar surface area (TPSA) is 71.5 Å². The Bertz CT molecular complexity index is 1180. The van der Waals surface area contributed by atoms with Crippen LogP contribution in [0.5, 0.6) is 0 Å². The summed E-state index contributed by atoms with van der Waals surface area (Å²) in [5, 5.41) is 3.73. The van der Waals surface area contributed by atoms with Crippen LogP contribution in [0.4, 0.5) is 5.69 Å². The van der Waals surface area contributed by atoms with Crippen LogP contribution in [0.15, 0.2) is 42.5 Å². The molecule has 1 N–H and O–H groups in total. The molecule has 172 valence electrons. The minimum Gasteiger partial charge on any atom is -0.449 e. The van der Waals surface area contributed by atoms with Crippen molar-refractivity contribution < 1.29 is 14.3 Å². The number of rotatable bonds is 6. The van der Waals surface area contributed by atoms with Gasteiger partial charge in [-0.15, -0.1) is 0 Å². The number of ether oxygens (including phenoxy) is 1. The molecule has 1 aliphatic heterocycles. The Morgan fingerprint density at radius 1 is 1.09 bits per heavy atom. The molecule has 0 spiro atoms. The normalized spacial score (nSPS) is 14.5. The predicted molar refractivity (Wildman–Crippen MR) is 130 cm³/mol. The number of anilines is 1. The molecule has 1 amide bonds. The van der Waals surface area contributed by atoms with Crippen LogP contribution >= 0.6 is 0 Å². The van der Waals surface area contributed by atoms with E-state index in [4.69, 9.17) is 9.72 Å². The van der Waals surface area contributed by atoms with Gasteiger partial charge in [0, 0.05) is 41.8 Å². The average Bonchev–Trinajstić information content (AvgIpc) is 2.82. The van der Waals surface area contributed by atoms with E-state index < -0.39 is 12.1 Å². The summed E-state index contributed by atoms with van der Waals surface area (Å²) in [5.41, 5.74) is 5.88. The monoisotopic (exact) mass is 445 g/mol. The fourth-order valence-corrected chi connectivity index (χ4v) is 4.47. The molecule has 0 saturated carbocycles. The van der Waals surface area contributed by atoms with E-state index in [0.29, 0.717) is 18.5 Å². The number of benzene rings is 2. The van der Waals surface area contributed by atoms with E-state index in [1.165, 1.54) is 0 Å². The number of nitrogens with one attached hydrogen (secondary N) is 1. The van der Waals surface area contributed by atoms with Crippen molar-refractivity contribution in [3.05, 3.63) is 70.4 Å². The number of para-hydroxylation sites is 2. The number of amides is 1. The number of carbonyl (C=O) groups excluding carboxylic acids is 2. The molecular formula is C27H31N3O3. The molecule has 0 saturated heterocycles. The molecule has 6 heteroatoms. The number of fused-ring (bicyclic) bond motifs is 2. The summed E-state index contributed by atoms with van der Waals surface area (Å²) in [6.07, 6.45) is 0.290. The Balaban J connectivity index is 1.66. The van der Waals surface area contributed by atoms with Gasteiger partial charge in [-0.3, -0.25) is 14.7 Å². The Labute approximate surface area is 195 Å². The van der Waals surface area contributed by atoms with Gasteiger partial charge in [0.25, 0.3) is 5.91 Å². The van der Waals surface area contributed by atoms with E-state index in [9.17, 15) is 9.59 Å². The maximum atomic E-state index is 13.5. The molecule has 1 atom stereocenters. The van der Waals surface area contributed by atoms with Gasteiger partial charge in [-0.2, -0.15) is 0 Å². The lowest BCUT2D eigenvalue weighted by Crippen LogP contribution is -2.35. The highest BCUT2D eigenvalue weighted by atomic mass is 16.5. The lowest BCUT2D eigenvalue weighted by atomic mass is 9.95. The van der Waals surface area contributed by atoms with Crippen molar-refractivity contribution in [2.24, 2.45) is 0 Å². The summed E-state index contributed by atoms with van der Waals surface area (Å²) >= 11 is 0. The van der Waals surface area contributed by atoms with Gasteiger partial charge in [-0.25, -0.2) is 4.79 Å². The van der Waals surface area contributed by atoms with Crippen LogP contribution in [0.25, 0.3) is 10.9 Å². The van der Waals surface area contributed by atoms with Crippen LogP contribution in [0.1, 0.15) is 53.0 Å². The fraction of sp³-hybridized carbons (Fsp3) is 0.370. The highest BCUT2D eigenvalue weighted by molar-refractivity contribution is 6.06. The van der Waals surface area contributed by atoms with Gasteiger partial charge >= 0.3 is 5.97 Å². The van der Waals surface area contributed by atoms with Gasteiger partial charge in [-0.1, -0.05) is 50.2 Å².